The molecule has 0 aromatic heterocycles. The van der Waals surface area contributed by atoms with Gasteiger partial charge in [0.05, 0.1) is 4.90 Å². The Morgan fingerprint density at radius 1 is 1.20 bits per heavy atom. The molecule has 1 heterocycles. The van der Waals surface area contributed by atoms with E-state index in [0.717, 1.165) is 31.5 Å². The van der Waals surface area contributed by atoms with Crippen LogP contribution < -0.4 is 10.0 Å². The van der Waals surface area contributed by atoms with Gasteiger partial charge in [0.25, 0.3) is 0 Å². The van der Waals surface area contributed by atoms with Crippen LogP contribution in [0.1, 0.15) is 46.1 Å². The summed E-state index contributed by atoms with van der Waals surface area (Å²) in [7, 11) is -3.56. The quantitative estimate of drug-likeness (QED) is 0.833. The van der Waals surface area contributed by atoms with Gasteiger partial charge in [-0.2, -0.15) is 0 Å². The summed E-state index contributed by atoms with van der Waals surface area (Å²) in [6.45, 7) is 9.07. The average Bonchev–Trinajstić information content (AvgIpc) is 2.51. The zero-order valence-corrected chi connectivity index (χ0v) is 16.3. The standard InChI is InChI=1S/C18H29N3O3S/c1-14(22)21-11-9-16(10-12-21)19-13-15-7-5-6-8-17(15)25(23,24)20-18(2,3)4/h5-8,16,19-20H,9-13H2,1-4H3. The van der Waals surface area contributed by atoms with E-state index in [-0.39, 0.29) is 5.91 Å². The lowest BCUT2D eigenvalue weighted by molar-refractivity contribution is -0.129. The van der Waals surface area contributed by atoms with Crippen LogP contribution in [0, 0.1) is 0 Å². The van der Waals surface area contributed by atoms with E-state index >= 15 is 0 Å². The van der Waals surface area contributed by atoms with Gasteiger partial charge in [-0.3, -0.25) is 4.79 Å². The largest absolute Gasteiger partial charge is 0.343 e. The molecule has 2 N–H and O–H groups in total. The second-order valence-electron chi connectivity index (χ2n) is 7.62. The van der Waals surface area contributed by atoms with Crippen molar-refractivity contribution >= 4 is 15.9 Å². The molecule has 1 fully saturated rings. The van der Waals surface area contributed by atoms with Crippen molar-refractivity contribution in [1.29, 1.82) is 0 Å². The zero-order valence-electron chi connectivity index (χ0n) is 15.5. The smallest absolute Gasteiger partial charge is 0.241 e. The maximum Gasteiger partial charge on any atom is 0.241 e. The summed E-state index contributed by atoms with van der Waals surface area (Å²) in [6, 6.07) is 7.37. The normalized spacial score (nSPS) is 16.9. The van der Waals surface area contributed by atoms with Crippen molar-refractivity contribution in [3.63, 3.8) is 0 Å². The fraction of sp³-hybridized carbons (Fsp3) is 0.611. The molecule has 2 rings (SSSR count). The lowest BCUT2D eigenvalue weighted by atomic mass is 10.0. The van der Waals surface area contributed by atoms with Crippen molar-refractivity contribution in [1.82, 2.24) is 14.9 Å². The molecule has 1 aromatic carbocycles. The number of hydrogen-bond donors (Lipinski definition) is 2. The third-order valence-corrected chi connectivity index (χ3v) is 6.08. The van der Waals surface area contributed by atoms with Gasteiger partial charge < -0.3 is 10.2 Å². The van der Waals surface area contributed by atoms with Crippen LogP contribution in [-0.2, 0) is 21.4 Å². The molecule has 0 spiro atoms. The second kappa shape index (κ2) is 7.85. The molecule has 25 heavy (non-hydrogen) atoms. The number of benzene rings is 1. The Morgan fingerprint density at radius 2 is 1.80 bits per heavy atom. The molecule has 1 amide bonds. The topological polar surface area (TPSA) is 78.5 Å². The monoisotopic (exact) mass is 367 g/mol. The SMILES string of the molecule is CC(=O)N1CCC(NCc2ccccc2S(=O)(=O)NC(C)(C)C)CC1. The molecular formula is C18H29N3O3S. The number of amides is 1. The van der Waals surface area contributed by atoms with Crippen LogP contribution in [0.15, 0.2) is 29.2 Å². The molecule has 1 aliphatic rings. The number of hydrogen-bond acceptors (Lipinski definition) is 4. The Bertz CT molecular complexity index is 703. The summed E-state index contributed by atoms with van der Waals surface area (Å²) in [5.41, 5.74) is 0.229. The molecule has 1 aliphatic heterocycles. The first-order chi connectivity index (χ1) is 11.6. The van der Waals surface area contributed by atoms with Gasteiger partial charge in [0, 0.05) is 38.1 Å². The third kappa shape index (κ3) is 5.80. The van der Waals surface area contributed by atoms with Crippen LogP contribution in [0.2, 0.25) is 0 Å². The molecule has 1 saturated heterocycles. The highest BCUT2D eigenvalue weighted by molar-refractivity contribution is 7.89. The number of carbonyl (C=O) groups is 1. The first kappa shape index (κ1) is 19.9. The lowest BCUT2D eigenvalue weighted by Gasteiger charge is -2.32. The van der Waals surface area contributed by atoms with Crippen LogP contribution in [-0.4, -0.2) is 43.9 Å². The van der Waals surface area contributed by atoms with Crippen LogP contribution in [0.5, 0.6) is 0 Å². The van der Waals surface area contributed by atoms with E-state index in [1.807, 2.05) is 37.8 Å². The van der Waals surface area contributed by atoms with E-state index in [1.165, 1.54) is 0 Å². The molecule has 7 heteroatoms. The Balaban J connectivity index is 2.03. The second-order valence-corrected chi connectivity index (χ2v) is 9.28. The van der Waals surface area contributed by atoms with Crippen LogP contribution >= 0.6 is 0 Å². The molecule has 6 nitrogen and oxygen atoms in total. The minimum atomic E-state index is -3.56. The summed E-state index contributed by atoms with van der Waals surface area (Å²) >= 11 is 0. The van der Waals surface area contributed by atoms with E-state index in [9.17, 15) is 13.2 Å². The van der Waals surface area contributed by atoms with Crippen molar-refractivity contribution in [3.05, 3.63) is 29.8 Å². The lowest BCUT2D eigenvalue weighted by Crippen LogP contribution is -2.44. The van der Waals surface area contributed by atoms with E-state index in [2.05, 4.69) is 10.0 Å². The Morgan fingerprint density at radius 3 is 2.36 bits per heavy atom. The fourth-order valence-electron chi connectivity index (χ4n) is 3.02. The Kier molecular flexibility index (Phi) is 6.24. The zero-order chi connectivity index (χ0) is 18.7. The number of nitrogens with zero attached hydrogens (tertiary/aromatic N) is 1. The van der Waals surface area contributed by atoms with Gasteiger partial charge in [0.15, 0.2) is 0 Å². The van der Waals surface area contributed by atoms with E-state index in [1.54, 1.807) is 19.1 Å². The number of likely N-dealkylation sites (tertiary alicyclic amines) is 1. The molecule has 0 aliphatic carbocycles. The van der Waals surface area contributed by atoms with Crippen LogP contribution in [0.4, 0.5) is 0 Å². The van der Waals surface area contributed by atoms with Gasteiger partial charge in [-0.25, -0.2) is 13.1 Å². The Labute approximate surface area is 151 Å². The van der Waals surface area contributed by atoms with Crippen molar-refractivity contribution in [3.8, 4) is 0 Å². The van der Waals surface area contributed by atoms with E-state index in [0.29, 0.717) is 17.5 Å². The first-order valence-corrected chi connectivity index (χ1v) is 10.2. The van der Waals surface area contributed by atoms with E-state index in [4.69, 9.17) is 0 Å². The average molecular weight is 368 g/mol. The summed E-state index contributed by atoms with van der Waals surface area (Å²) < 4.78 is 28.0. The summed E-state index contributed by atoms with van der Waals surface area (Å²) in [6.07, 6.45) is 1.77. The molecule has 1 aromatic rings. The molecule has 0 unspecified atom stereocenters. The minimum Gasteiger partial charge on any atom is -0.343 e. The predicted octanol–water partition coefficient (Wildman–Crippen LogP) is 1.86. The Hall–Kier alpha value is -1.44. The number of carbonyl (C=O) groups excluding carboxylic acids is 1. The number of rotatable bonds is 5. The first-order valence-electron chi connectivity index (χ1n) is 8.69. The summed E-state index contributed by atoms with van der Waals surface area (Å²) in [5.74, 6) is 0.114. The van der Waals surface area contributed by atoms with Crippen molar-refractivity contribution in [2.45, 2.75) is 63.6 Å². The minimum absolute atomic E-state index is 0.114. The van der Waals surface area contributed by atoms with Crippen molar-refractivity contribution < 1.29 is 13.2 Å². The van der Waals surface area contributed by atoms with Gasteiger partial charge in [0.1, 0.15) is 0 Å². The number of nitrogens with one attached hydrogen (secondary N) is 2. The maximum atomic E-state index is 12.7. The molecule has 0 bridgehead atoms. The van der Waals surface area contributed by atoms with Gasteiger partial charge >= 0.3 is 0 Å². The highest BCUT2D eigenvalue weighted by atomic mass is 32.2. The van der Waals surface area contributed by atoms with Gasteiger partial charge in [-0.1, -0.05) is 18.2 Å². The summed E-state index contributed by atoms with van der Waals surface area (Å²) in [4.78, 5) is 13.6. The molecule has 0 radical (unpaired) electrons. The molecular weight excluding hydrogens is 338 g/mol. The molecule has 0 saturated carbocycles. The molecule has 140 valence electrons. The third-order valence-electron chi connectivity index (χ3n) is 4.22. The fourth-order valence-corrected chi connectivity index (χ4v) is 4.68. The van der Waals surface area contributed by atoms with Crippen LogP contribution in [0.25, 0.3) is 0 Å². The summed E-state index contributed by atoms with van der Waals surface area (Å²) in [5, 5.41) is 3.44. The molecule has 0 atom stereocenters. The van der Waals surface area contributed by atoms with Crippen molar-refractivity contribution in [2.75, 3.05) is 13.1 Å². The number of piperidine rings is 1. The predicted molar refractivity (Wildman–Crippen MR) is 98.6 cm³/mol. The van der Waals surface area contributed by atoms with E-state index < -0.39 is 15.6 Å². The van der Waals surface area contributed by atoms with Gasteiger partial charge in [0.2, 0.25) is 15.9 Å². The highest BCUT2D eigenvalue weighted by Crippen LogP contribution is 2.19. The van der Waals surface area contributed by atoms with Crippen LogP contribution in [0.3, 0.4) is 0 Å². The van der Waals surface area contributed by atoms with Gasteiger partial charge in [-0.15, -0.1) is 0 Å². The number of sulfonamides is 1. The highest BCUT2D eigenvalue weighted by Gasteiger charge is 2.25. The maximum absolute atomic E-state index is 12.7. The van der Waals surface area contributed by atoms with Gasteiger partial charge in [-0.05, 0) is 45.2 Å². The van der Waals surface area contributed by atoms with Crippen molar-refractivity contribution in [2.24, 2.45) is 0 Å².